The number of phenolic OH excluding ortho intramolecular Hbond substituents is 1. The Labute approximate surface area is 142 Å². The van der Waals surface area contributed by atoms with Crippen molar-refractivity contribution in [2.75, 3.05) is 5.32 Å². The molecule has 0 atom stereocenters. The fourth-order valence-corrected chi connectivity index (χ4v) is 3.01. The number of nitrogens with zero attached hydrogens (tertiary/aromatic N) is 2. The van der Waals surface area contributed by atoms with E-state index in [1.54, 1.807) is 25.1 Å². The summed E-state index contributed by atoms with van der Waals surface area (Å²) >= 11 is 1.01. The fraction of sp³-hybridized carbons (Fsp3) is 0.125. The monoisotopic (exact) mass is 342 g/mol. The van der Waals surface area contributed by atoms with E-state index in [-0.39, 0.29) is 22.1 Å². The highest BCUT2D eigenvalue weighted by Gasteiger charge is 2.20. The highest BCUT2D eigenvalue weighted by atomic mass is 32.1. The standard InChI is InChI=1S/C16H14N4O3S/c1-9-12(7-17)16(19-10(2)21)24-14(9)15(23)20-18-8-11-5-3-4-6-13(11)22/h3-6,8,22H,1-2H3,(H,19,21)(H,20,23)/b18-8-. The van der Waals surface area contributed by atoms with Crippen molar-refractivity contribution in [2.24, 2.45) is 5.10 Å². The third-order valence-corrected chi connectivity index (χ3v) is 4.27. The second kappa shape index (κ2) is 7.39. The largest absolute Gasteiger partial charge is 0.507 e. The molecule has 0 radical (unpaired) electrons. The molecule has 0 fully saturated rings. The summed E-state index contributed by atoms with van der Waals surface area (Å²) < 4.78 is 0. The van der Waals surface area contributed by atoms with E-state index >= 15 is 0 Å². The van der Waals surface area contributed by atoms with Gasteiger partial charge in [0.25, 0.3) is 5.91 Å². The average molecular weight is 342 g/mol. The number of benzene rings is 1. The number of anilines is 1. The summed E-state index contributed by atoms with van der Waals surface area (Å²) in [6, 6.07) is 8.53. The molecule has 7 nitrogen and oxygen atoms in total. The van der Waals surface area contributed by atoms with Gasteiger partial charge in [0.1, 0.15) is 21.7 Å². The molecule has 0 unspecified atom stereocenters. The number of para-hydroxylation sites is 1. The summed E-state index contributed by atoms with van der Waals surface area (Å²) in [5, 5.41) is 25.5. The molecule has 0 spiro atoms. The quantitative estimate of drug-likeness (QED) is 0.584. The topological polar surface area (TPSA) is 115 Å². The minimum atomic E-state index is -0.503. The summed E-state index contributed by atoms with van der Waals surface area (Å²) in [6.07, 6.45) is 1.32. The van der Waals surface area contributed by atoms with Gasteiger partial charge in [0, 0.05) is 12.5 Å². The molecular weight excluding hydrogens is 328 g/mol. The van der Waals surface area contributed by atoms with Gasteiger partial charge in [-0.2, -0.15) is 10.4 Å². The molecule has 0 aliphatic heterocycles. The summed E-state index contributed by atoms with van der Waals surface area (Å²) in [4.78, 5) is 23.7. The van der Waals surface area contributed by atoms with Crippen LogP contribution >= 0.6 is 11.3 Å². The van der Waals surface area contributed by atoms with Crippen LogP contribution in [0.2, 0.25) is 0 Å². The van der Waals surface area contributed by atoms with Crippen molar-refractivity contribution in [3.8, 4) is 11.8 Å². The molecule has 2 amide bonds. The van der Waals surface area contributed by atoms with Gasteiger partial charge in [-0.05, 0) is 24.6 Å². The van der Waals surface area contributed by atoms with E-state index in [1.165, 1.54) is 19.2 Å². The summed E-state index contributed by atoms with van der Waals surface area (Å²) in [7, 11) is 0. The first-order valence-corrected chi connectivity index (χ1v) is 7.68. The van der Waals surface area contributed by atoms with Crippen LogP contribution in [-0.4, -0.2) is 23.1 Å². The van der Waals surface area contributed by atoms with Crippen LogP contribution in [0.15, 0.2) is 29.4 Å². The van der Waals surface area contributed by atoms with E-state index in [1.807, 2.05) is 6.07 Å². The average Bonchev–Trinajstić information content (AvgIpc) is 2.84. The van der Waals surface area contributed by atoms with Crippen molar-refractivity contribution >= 4 is 34.4 Å². The first-order chi connectivity index (χ1) is 11.4. The van der Waals surface area contributed by atoms with Crippen LogP contribution in [-0.2, 0) is 4.79 Å². The first kappa shape index (κ1) is 17.2. The van der Waals surface area contributed by atoms with Gasteiger partial charge in [-0.15, -0.1) is 11.3 Å². The molecule has 0 aliphatic carbocycles. The molecule has 0 saturated carbocycles. The Bertz CT molecular complexity index is 865. The molecule has 0 bridgehead atoms. The number of carbonyl (C=O) groups excluding carboxylic acids is 2. The van der Waals surface area contributed by atoms with Crippen LogP contribution in [0.4, 0.5) is 5.00 Å². The Morgan fingerprint density at radius 1 is 1.38 bits per heavy atom. The fourth-order valence-electron chi connectivity index (χ4n) is 1.92. The molecule has 1 aromatic heterocycles. The molecule has 3 N–H and O–H groups in total. The van der Waals surface area contributed by atoms with Crippen LogP contribution in [0, 0.1) is 18.3 Å². The number of hydrogen-bond acceptors (Lipinski definition) is 6. The SMILES string of the molecule is CC(=O)Nc1sc(C(=O)N/N=C\c2ccccc2O)c(C)c1C#N. The van der Waals surface area contributed by atoms with Gasteiger partial charge in [-0.1, -0.05) is 12.1 Å². The predicted molar refractivity (Wildman–Crippen MR) is 91.2 cm³/mol. The number of rotatable bonds is 4. The zero-order chi connectivity index (χ0) is 17.7. The molecule has 2 aromatic rings. The van der Waals surface area contributed by atoms with Crippen LogP contribution in [0.5, 0.6) is 5.75 Å². The normalized spacial score (nSPS) is 10.4. The third-order valence-electron chi connectivity index (χ3n) is 3.06. The Kier molecular flexibility index (Phi) is 5.29. The second-order valence-electron chi connectivity index (χ2n) is 4.81. The number of aromatic hydroxyl groups is 1. The second-order valence-corrected chi connectivity index (χ2v) is 5.83. The van der Waals surface area contributed by atoms with E-state index < -0.39 is 5.91 Å². The van der Waals surface area contributed by atoms with Gasteiger partial charge in [0.15, 0.2) is 0 Å². The van der Waals surface area contributed by atoms with Gasteiger partial charge < -0.3 is 10.4 Å². The van der Waals surface area contributed by atoms with Crippen LogP contribution < -0.4 is 10.7 Å². The van der Waals surface area contributed by atoms with Crippen LogP contribution in [0.25, 0.3) is 0 Å². The van der Waals surface area contributed by atoms with Gasteiger partial charge >= 0.3 is 0 Å². The summed E-state index contributed by atoms with van der Waals surface area (Å²) in [5.74, 6) is -0.780. The van der Waals surface area contributed by atoms with Crippen LogP contribution in [0.3, 0.4) is 0 Å². The number of nitriles is 1. The maximum absolute atomic E-state index is 12.2. The van der Waals surface area contributed by atoms with Gasteiger partial charge in [-0.25, -0.2) is 5.43 Å². The van der Waals surface area contributed by atoms with Crippen molar-refractivity contribution in [1.82, 2.24) is 5.43 Å². The molecule has 1 heterocycles. The van der Waals surface area contributed by atoms with Crippen molar-refractivity contribution in [2.45, 2.75) is 13.8 Å². The number of hydrogen-bond donors (Lipinski definition) is 3. The number of phenols is 1. The van der Waals surface area contributed by atoms with Crippen LogP contribution in [0.1, 0.15) is 33.3 Å². The van der Waals surface area contributed by atoms with Crippen molar-refractivity contribution in [3.05, 3.63) is 45.8 Å². The number of hydrazone groups is 1. The zero-order valence-corrected chi connectivity index (χ0v) is 13.8. The Hall–Kier alpha value is -3.18. The maximum Gasteiger partial charge on any atom is 0.281 e. The molecule has 24 heavy (non-hydrogen) atoms. The smallest absolute Gasteiger partial charge is 0.281 e. The summed E-state index contributed by atoms with van der Waals surface area (Å²) in [6.45, 7) is 2.95. The lowest BCUT2D eigenvalue weighted by molar-refractivity contribution is -0.114. The van der Waals surface area contributed by atoms with E-state index in [2.05, 4.69) is 15.8 Å². The highest BCUT2D eigenvalue weighted by molar-refractivity contribution is 7.18. The van der Waals surface area contributed by atoms with E-state index in [4.69, 9.17) is 0 Å². The molecule has 8 heteroatoms. The third kappa shape index (κ3) is 3.77. The minimum absolute atomic E-state index is 0.0440. The van der Waals surface area contributed by atoms with E-state index in [9.17, 15) is 20.0 Å². The van der Waals surface area contributed by atoms with Crippen molar-refractivity contribution < 1.29 is 14.7 Å². The lowest BCUT2D eigenvalue weighted by atomic mass is 10.1. The molecule has 122 valence electrons. The first-order valence-electron chi connectivity index (χ1n) is 6.86. The summed E-state index contributed by atoms with van der Waals surface area (Å²) in [5.41, 5.74) is 3.53. The lowest BCUT2D eigenvalue weighted by Crippen LogP contribution is -2.17. The number of nitrogens with one attached hydrogen (secondary N) is 2. The Morgan fingerprint density at radius 2 is 2.08 bits per heavy atom. The van der Waals surface area contributed by atoms with E-state index in [0.29, 0.717) is 16.1 Å². The predicted octanol–water partition coefficient (Wildman–Crippen LogP) is 2.36. The highest BCUT2D eigenvalue weighted by Crippen LogP contribution is 2.32. The number of thiophene rings is 1. The maximum atomic E-state index is 12.2. The van der Waals surface area contributed by atoms with Gasteiger partial charge in [0.2, 0.25) is 5.91 Å². The lowest BCUT2D eigenvalue weighted by Gasteiger charge is -1.99. The number of amides is 2. The molecule has 1 aromatic carbocycles. The molecular formula is C16H14N4O3S. The molecule has 0 saturated heterocycles. The zero-order valence-electron chi connectivity index (χ0n) is 13.0. The Balaban J connectivity index is 2.18. The molecule has 0 aliphatic rings. The number of carbonyl (C=O) groups is 2. The van der Waals surface area contributed by atoms with Crippen molar-refractivity contribution in [3.63, 3.8) is 0 Å². The van der Waals surface area contributed by atoms with Crippen molar-refractivity contribution in [1.29, 1.82) is 5.26 Å². The minimum Gasteiger partial charge on any atom is -0.507 e. The Morgan fingerprint density at radius 3 is 2.71 bits per heavy atom. The van der Waals surface area contributed by atoms with Gasteiger partial charge in [0.05, 0.1) is 11.8 Å². The van der Waals surface area contributed by atoms with E-state index in [0.717, 1.165) is 11.3 Å². The van der Waals surface area contributed by atoms with Gasteiger partial charge in [-0.3, -0.25) is 9.59 Å². The molecule has 2 rings (SSSR count).